The molecule has 1 spiro atoms. The van der Waals surface area contributed by atoms with Crippen LogP contribution in [0, 0.1) is 22.2 Å². The summed E-state index contributed by atoms with van der Waals surface area (Å²) in [5.41, 5.74) is -0.193. The summed E-state index contributed by atoms with van der Waals surface area (Å²) in [5, 5.41) is 9.25. The van der Waals surface area contributed by atoms with Crippen molar-refractivity contribution in [3.63, 3.8) is 0 Å². The van der Waals surface area contributed by atoms with E-state index in [-0.39, 0.29) is 22.7 Å². The predicted octanol–water partition coefficient (Wildman–Crippen LogP) is 1.76. The molecular formula is C17H18N4O2. The first-order valence-electron chi connectivity index (χ1n) is 7.59. The summed E-state index contributed by atoms with van der Waals surface area (Å²) in [6.45, 7) is 4.86. The van der Waals surface area contributed by atoms with Crippen LogP contribution in [-0.2, 0) is 4.79 Å². The second-order valence-electron chi connectivity index (χ2n) is 7.03. The van der Waals surface area contributed by atoms with Gasteiger partial charge in [0.25, 0.3) is 5.91 Å². The molecule has 0 bridgehead atoms. The number of hydrogen-bond donors (Lipinski definition) is 0. The quantitative estimate of drug-likeness (QED) is 0.788. The Morgan fingerprint density at radius 2 is 2.04 bits per heavy atom. The lowest BCUT2D eigenvalue weighted by Crippen LogP contribution is -2.40. The van der Waals surface area contributed by atoms with Crippen LogP contribution < -0.4 is 0 Å². The van der Waals surface area contributed by atoms with Crippen molar-refractivity contribution in [2.75, 3.05) is 13.1 Å². The molecule has 6 nitrogen and oxygen atoms in total. The van der Waals surface area contributed by atoms with Crippen LogP contribution in [0.25, 0.3) is 0 Å². The number of nitriles is 1. The van der Waals surface area contributed by atoms with E-state index in [1.54, 1.807) is 11.0 Å². The maximum atomic E-state index is 12.5. The van der Waals surface area contributed by atoms with Gasteiger partial charge in [0.2, 0.25) is 0 Å². The minimum Gasteiger partial charge on any atom is -0.338 e. The summed E-state index contributed by atoms with van der Waals surface area (Å²) in [5.74, 6) is -0.212. The molecule has 3 rings (SSSR count). The van der Waals surface area contributed by atoms with Crippen LogP contribution in [0.1, 0.15) is 37.0 Å². The van der Waals surface area contributed by atoms with Crippen LogP contribution in [0.5, 0.6) is 0 Å². The molecule has 1 fully saturated rings. The first-order chi connectivity index (χ1) is 10.9. The Hall–Kier alpha value is -2.55. The van der Waals surface area contributed by atoms with E-state index in [1.165, 1.54) is 18.7 Å². The number of likely N-dealkylation sites (tertiary alicyclic amines) is 1. The van der Waals surface area contributed by atoms with Gasteiger partial charge in [-0.05, 0) is 12.8 Å². The predicted molar refractivity (Wildman–Crippen MR) is 82.1 cm³/mol. The van der Waals surface area contributed by atoms with E-state index in [9.17, 15) is 14.9 Å². The number of Topliss-reactive ketones (excluding diaryl/α,β-unsaturated/α-hetero) is 1. The van der Waals surface area contributed by atoms with Crippen LogP contribution >= 0.6 is 0 Å². The molecule has 1 amide bonds. The lowest BCUT2D eigenvalue weighted by Gasteiger charge is -2.38. The third-order valence-electron chi connectivity index (χ3n) is 4.70. The molecule has 118 valence electrons. The molecule has 0 N–H and O–H groups in total. The van der Waals surface area contributed by atoms with Gasteiger partial charge in [-0.1, -0.05) is 19.9 Å². The molecule has 0 saturated carbocycles. The Bertz CT molecular complexity index is 733. The molecule has 0 aromatic carbocycles. The summed E-state index contributed by atoms with van der Waals surface area (Å²) >= 11 is 0. The first-order valence-corrected chi connectivity index (χ1v) is 7.59. The Morgan fingerprint density at radius 3 is 2.70 bits per heavy atom. The molecular weight excluding hydrogens is 292 g/mol. The summed E-state index contributed by atoms with van der Waals surface area (Å²) in [6, 6.07) is 2.02. The van der Waals surface area contributed by atoms with E-state index >= 15 is 0 Å². The highest BCUT2D eigenvalue weighted by Gasteiger charge is 2.48. The molecule has 1 atom stereocenters. The molecule has 2 aliphatic rings. The zero-order chi connectivity index (χ0) is 16.7. The minimum atomic E-state index is -0.575. The van der Waals surface area contributed by atoms with E-state index in [0.29, 0.717) is 25.1 Å². The van der Waals surface area contributed by atoms with Crippen molar-refractivity contribution >= 4 is 11.7 Å². The van der Waals surface area contributed by atoms with Crippen molar-refractivity contribution in [2.24, 2.45) is 10.8 Å². The van der Waals surface area contributed by atoms with Crippen molar-refractivity contribution in [3.8, 4) is 6.07 Å². The fraction of sp³-hybridized carbons (Fsp3) is 0.471. The molecule has 6 heteroatoms. The van der Waals surface area contributed by atoms with Gasteiger partial charge in [0.05, 0.1) is 11.1 Å². The Morgan fingerprint density at radius 1 is 1.35 bits per heavy atom. The molecule has 1 aromatic heterocycles. The number of nitrogens with zero attached hydrogens (tertiary/aromatic N) is 4. The second kappa shape index (κ2) is 5.27. The van der Waals surface area contributed by atoms with Gasteiger partial charge in [-0.2, -0.15) is 5.26 Å². The van der Waals surface area contributed by atoms with E-state index in [0.717, 1.165) is 6.42 Å². The van der Waals surface area contributed by atoms with E-state index in [1.807, 2.05) is 19.9 Å². The minimum absolute atomic E-state index is 0.105. The largest absolute Gasteiger partial charge is 0.338 e. The summed E-state index contributed by atoms with van der Waals surface area (Å²) in [7, 11) is 0. The molecule has 1 aliphatic carbocycles. The monoisotopic (exact) mass is 310 g/mol. The van der Waals surface area contributed by atoms with Gasteiger partial charge in [0, 0.05) is 36.3 Å². The number of allylic oxidation sites excluding steroid dienone is 1. The van der Waals surface area contributed by atoms with Crippen LogP contribution in [0.2, 0.25) is 0 Å². The van der Waals surface area contributed by atoms with Gasteiger partial charge in [-0.3, -0.25) is 9.59 Å². The zero-order valence-electron chi connectivity index (χ0n) is 13.2. The number of carbonyl (C=O) groups excluding carboxylic acids is 2. The highest BCUT2D eigenvalue weighted by atomic mass is 16.2. The van der Waals surface area contributed by atoms with Crippen molar-refractivity contribution in [3.05, 3.63) is 35.9 Å². The molecule has 1 aromatic rings. The van der Waals surface area contributed by atoms with Gasteiger partial charge in [-0.15, -0.1) is 0 Å². The number of amides is 1. The Kier molecular flexibility index (Phi) is 3.52. The smallest absolute Gasteiger partial charge is 0.257 e. The maximum absolute atomic E-state index is 12.5. The summed E-state index contributed by atoms with van der Waals surface area (Å²) < 4.78 is 0. The Balaban J connectivity index is 1.87. The lowest BCUT2D eigenvalue weighted by molar-refractivity contribution is -0.125. The third-order valence-corrected chi connectivity index (χ3v) is 4.70. The van der Waals surface area contributed by atoms with Crippen molar-refractivity contribution < 1.29 is 9.59 Å². The zero-order valence-corrected chi connectivity index (χ0v) is 13.2. The van der Waals surface area contributed by atoms with E-state index < -0.39 is 5.41 Å². The molecule has 0 radical (unpaired) electrons. The van der Waals surface area contributed by atoms with Crippen LogP contribution in [0.3, 0.4) is 0 Å². The highest BCUT2D eigenvalue weighted by molar-refractivity contribution is 6.03. The molecule has 1 saturated heterocycles. The second-order valence-corrected chi connectivity index (χ2v) is 7.03. The van der Waals surface area contributed by atoms with E-state index in [4.69, 9.17) is 0 Å². The summed E-state index contributed by atoms with van der Waals surface area (Å²) in [6.07, 6.45) is 7.60. The highest BCUT2D eigenvalue weighted by Crippen LogP contribution is 2.48. The topological polar surface area (TPSA) is 87.0 Å². The van der Waals surface area contributed by atoms with Gasteiger partial charge in [0.15, 0.2) is 5.78 Å². The Labute approximate surface area is 134 Å². The number of hydrogen-bond acceptors (Lipinski definition) is 5. The SMILES string of the molecule is CC1(C)CC2(C=C(C#N)C1=O)CCN(C(=O)c1cncnc1)C2. The van der Waals surface area contributed by atoms with Gasteiger partial charge in [-0.25, -0.2) is 9.97 Å². The lowest BCUT2D eigenvalue weighted by atomic mass is 9.64. The fourth-order valence-corrected chi connectivity index (χ4v) is 3.75. The van der Waals surface area contributed by atoms with Gasteiger partial charge < -0.3 is 4.90 Å². The van der Waals surface area contributed by atoms with E-state index in [2.05, 4.69) is 9.97 Å². The summed E-state index contributed by atoms with van der Waals surface area (Å²) in [4.78, 5) is 34.3. The third kappa shape index (κ3) is 2.63. The van der Waals surface area contributed by atoms with Crippen LogP contribution in [-0.4, -0.2) is 39.6 Å². The molecule has 2 heterocycles. The number of carbonyl (C=O) groups is 2. The average Bonchev–Trinajstić information content (AvgIpc) is 2.94. The number of aromatic nitrogens is 2. The van der Waals surface area contributed by atoms with Gasteiger partial charge in [0.1, 0.15) is 12.4 Å². The number of rotatable bonds is 1. The average molecular weight is 310 g/mol. The number of ketones is 1. The molecule has 1 aliphatic heterocycles. The normalized spacial score (nSPS) is 26.0. The van der Waals surface area contributed by atoms with Crippen molar-refractivity contribution in [1.82, 2.24) is 14.9 Å². The standard InChI is InChI=1S/C17H18N4O2/c1-16(2)9-17(5-12(6-18)14(16)22)3-4-21(10-17)15(23)13-7-19-11-20-8-13/h5,7-8,11H,3-4,9-10H2,1-2H3. The van der Waals surface area contributed by atoms with Crippen molar-refractivity contribution in [1.29, 1.82) is 5.26 Å². The van der Waals surface area contributed by atoms with Crippen LogP contribution in [0.15, 0.2) is 30.4 Å². The van der Waals surface area contributed by atoms with Gasteiger partial charge >= 0.3 is 0 Å². The molecule has 1 unspecified atom stereocenters. The fourth-order valence-electron chi connectivity index (χ4n) is 3.75. The van der Waals surface area contributed by atoms with Crippen molar-refractivity contribution in [2.45, 2.75) is 26.7 Å². The van der Waals surface area contributed by atoms with Crippen LogP contribution in [0.4, 0.5) is 0 Å². The first kappa shape index (κ1) is 15.3. The maximum Gasteiger partial charge on any atom is 0.257 e. The molecule has 23 heavy (non-hydrogen) atoms.